The number of hydrogen-bond acceptors (Lipinski definition) is 8. The molecule has 1 atom stereocenters. The van der Waals surface area contributed by atoms with E-state index in [1.165, 1.54) is 0 Å². The quantitative estimate of drug-likeness (QED) is 0.0521. The molecule has 1 amide bonds. The maximum Gasteiger partial charge on any atom is 0.410 e. The second kappa shape index (κ2) is 22.6. The maximum atomic E-state index is 12.3. The van der Waals surface area contributed by atoms with Crippen molar-refractivity contribution in [1.82, 2.24) is 5.32 Å². The van der Waals surface area contributed by atoms with Gasteiger partial charge in [0.15, 0.2) is 5.54 Å². The normalized spacial score (nSPS) is 15.0. The zero-order valence-electron chi connectivity index (χ0n) is 23.3. The van der Waals surface area contributed by atoms with Gasteiger partial charge in [-0.1, -0.05) is 68.5 Å². The molecule has 1 rings (SSSR count). The molecule has 0 aromatic heterocycles. The first-order valence-electron chi connectivity index (χ1n) is 12.5. The first kappa shape index (κ1) is 36.6. The number of alkyl carbamates (subject to hydrolysis) is 1. The molecule has 36 heavy (non-hydrogen) atoms. The van der Waals surface area contributed by atoms with Gasteiger partial charge in [0.25, 0.3) is 0 Å². The van der Waals surface area contributed by atoms with E-state index in [0.717, 1.165) is 44.2 Å². The molecule has 1 aliphatic rings. The molecule has 0 aromatic carbocycles. The lowest BCUT2D eigenvalue weighted by Gasteiger charge is -2.18. The first-order chi connectivity index (χ1) is 17.1. The van der Waals surface area contributed by atoms with E-state index in [2.05, 4.69) is 56.9 Å². The number of unbranched alkanes of at least 4 members (excludes halogenated alkanes) is 3. The zero-order chi connectivity index (χ0) is 28.0. The van der Waals surface area contributed by atoms with E-state index in [0.29, 0.717) is 12.2 Å². The predicted molar refractivity (Wildman–Crippen MR) is 161 cm³/mol. The number of nitrogens with zero attached hydrogens (tertiary/aromatic N) is 2. The van der Waals surface area contributed by atoms with Crippen LogP contribution in [0.2, 0.25) is 0 Å². The van der Waals surface area contributed by atoms with Crippen LogP contribution in [-0.4, -0.2) is 48.8 Å². The van der Waals surface area contributed by atoms with Crippen LogP contribution in [0.1, 0.15) is 93.4 Å². The Morgan fingerprint density at radius 3 is 2.42 bits per heavy atom. The van der Waals surface area contributed by atoms with Crippen LogP contribution in [0.4, 0.5) is 4.79 Å². The van der Waals surface area contributed by atoms with Gasteiger partial charge >= 0.3 is 12.1 Å². The second-order valence-electron chi connectivity index (χ2n) is 8.02. The molecular weight excluding hydrogens is 593 g/mol. The zero-order valence-corrected chi connectivity index (χ0v) is 26.3. The van der Waals surface area contributed by atoms with E-state index in [1.54, 1.807) is 22.8 Å². The highest BCUT2D eigenvalue weighted by Gasteiger charge is 2.40. The molecule has 208 valence electrons. The predicted octanol–water partition coefficient (Wildman–Crippen LogP) is 7.77. The Hall–Kier alpha value is -1.56. The summed E-state index contributed by atoms with van der Waals surface area (Å²) in [6.07, 6.45) is 11.0. The monoisotopic (exact) mass is 639 g/mol. The molecule has 1 N–H and O–H groups in total. The largest absolute Gasteiger partial charge is 0.462 e. The molecule has 1 aliphatic heterocycles. The number of esters is 1. The lowest BCUT2D eigenvalue weighted by Crippen LogP contribution is -2.42. The summed E-state index contributed by atoms with van der Waals surface area (Å²) in [4.78, 5) is 33.2. The SMILES string of the molecule is C=C(CCCCC)OCOC(=O)NC(C/C(=C/C)N=CCCC)C1=NC(C)(C)C(=O)O1.CC.CSI. The van der Waals surface area contributed by atoms with Crippen molar-refractivity contribution >= 4 is 54.3 Å². The third kappa shape index (κ3) is 17.0. The Bertz CT molecular complexity index is 739. The van der Waals surface area contributed by atoms with Crippen molar-refractivity contribution in [3.63, 3.8) is 0 Å². The molecule has 0 radical (unpaired) electrons. The van der Waals surface area contributed by atoms with Crippen molar-refractivity contribution in [2.45, 2.75) is 105 Å². The van der Waals surface area contributed by atoms with Crippen LogP contribution < -0.4 is 5.32 Å². The summed E-state index contributed by atoms with van der Waals surface area (Å²) in [7, 11) is 1.72. The Morgan fingerprint density at radius 1 is 1.28 bits per heavy atom. The number of carbonyl (C=O) groups excluding carboxylic acids is 2. The van der Waals surface area contributed by atoms with E-state index in [1.807, 2.05) is 39.3 Å². The number of carbonyl (C=O) groups is 2. The summed E-state index contributed by atoms with van der Waals surface area (Å²) in [5.74, 6) is 0.253. The summed E-state index contributed by atoms with van der Waals surface area (Å²) in [6.45, 7) is 16.9. The highest BCUT2D eigenvalue weighted by atomic mass is 127. The number of ether oxygens (including phenoxy) is 3. The molecule has 0 saturated carbocycles. The molecule has 0 fully saturated rings. The van der Waals surface area contributed by atoms with Crippen LogP contribution in [0.5, 0.6) is 0 Å². The molecule has 0 aliphatic carbocycles. The number of amides is 1. The van der Waals surface area contributed by atoms with Gasteiger partial charge in [-0.3, -0.25) is 4.99 Å². The number of hydrogen-bond donors (Lipinski definition) is 1. The Balaban J connectivity index is 0. The molecule has 0 aromatic rings. The average Bonchev–Trinajstić information content (AvgIpc) is 3.12. The van der Waals surface area contributed by atoms with Gasteiger partial charge in [-0.15, -0.1) is 0 Å². The van der Waals surface area contributed by atoms with Crippen molar-refractivity contribution < 1.29 is 23.8 Å². The number of nitrogens with one attached hydrogen (secondary N) is 1. The highest BCUT2D eigenvalue weighted by molar-refractivity contribution is 14.2. The maximum absolute atomic E-state index is 12.3. The van der Waals surface area contributed by atoms with Gasteiger partial charge in [0.05, 0.1) is 5.76 Å². The third-order valence-corrected chi connectivity index (χ3v) is 4.61. The van der Waals surface area contributed by atoms with Gasteiger partial charge < -0.3 is 19.5 Å². The molecule has 0 saturated heterocycles. The lowest BCUT2D eigenvalue weighted by molar-refractivity contribution is -0.138. The average molecular weight is 640 g/mol. The highest BCUT2D eigenvalue weighted by Crippen LogP contribution is 2.22. The van der Waals surface area contributed by atoms with Gasteiger partial charge in [0.2, 0.25) is 12.7 Å². The Kier molecular flexibility index (Phi) is 23.0. The van der Waals surface area contributed by atoms with E-state index in [9.17, 15) is 9.59 Å². The molecule has 1 unspecified atom stereocenters. The van der Waals surface area contributed by atoms with Crippen molar-refractivity contribution in [3.05, 3.63) is 24.1 Å². The molecule has 10 heteroatoms. The van der Waals surface area contributed by atoms with Crippen LogP contribution >= 0.6 is 30.1 Å². The Labute approximate surface area is 234 Å². The molecule has 1 heterocycles. The van der Waals surface area contributed by atoms with Crippen LogP contribution in [0.3, 0.4) is 0 Å². The summed E-state index contributed by atoms with van der Waals surface area (Å²) >= 11 is 2.20. The summed E-state index contributed by atoms with van der Waals surface area (Å²) in [6, 6.07) is -0.698. The van der Waals surface area contributed by atoms with Gasteiger partial charge in [-0.05, 0) is 61.1 Å². The van der Waals surface area contributed by atoms with Gasteiger partial charge in [-0.25, -0.2) is 14.6 Å². The molecule has 0 spiro atoms. The minimum absolute atomic E-state index is 0.141. The lowest BCUT2D eigenvalue weighted by atomic mass is 10.1. The minimum atomic E-state index is -1.000. The Morgan fingerprint density at radius 2 is 1.92 bits per heavy atom. The summed E-state index contributed by atoms with van der Waals surface area (Å²) in [5.41, 5.74) is -0.261. The second-order valence-corrected chi connectivity index (χ2v) is 11.0. The number of allylic oxidation sites excluding steroid dienone is 2. The number of cyclic esters (lactones) is 1. The van der Waals surface area contributed by atoms with E-state index >= 15 is 0 Å². The van der Waals surface area contributed by atoms with E-state index < -0.39 is 23.6 Å². The molecular formula is C26H46IN3O5S. The van der Waals surface area contributed by atoms with E-state index in [4.69, 9.17) is 14.2 Å². The standard InChI is InChI=1S/C23H37N3O5.C2H6.CH3IS/c1-7-10-12-13-17(4)29-16-30-22(28)25-19(15-18(9-3)24-14-11-8-2)20-26-23(5,6)21(27)31-20;1-2;1-3-2/h9,14,19H,4,7-8,10-13,15-16H2,1-3,5-6H3,(H,25,28);1-2H3;1H3/b18-9-,24-14?;;. The third-order valence-electron chi connectivity index (χ3n) is 4.61. The van der Waals surface area contributed by atoms with Crippen molar-refractivity contribution in [3.8, 4) is 0 Å². The van der Waals surface area contributed by atoms with Crippen molar-refractivity contribution in [2.75, 3.05) is 13.0 Å². The fraction of sp³-hybridized carbons (Fsp3) is 0.692. The van der Waals surface area contributed by atoms with E-state index in [-0.39, 0.29) is 12.7 Å². The minimum Gasteiger partial charge on any atom is -0.462 e. The number of rotatable bonds is 14. The number of aliphatic imine (C=N–C) groups is 2. The van der Waals surface area contributed by atoms with Crippen LogP contribution in [-0.2, 0) is 19.0 Å². The van der Waals surface area contributed by atoms with Crippen LogP contribution in [0.15, 0.2) is 34.1 Å². The van der Waals surface area contributed by atoms with Gasteiger partial charge in [-0.2, -0.15) is 0 Å². The topological polar surface area (TPSA) is 98.6 Å². The van der Waals surface area contributed by atoms with Crippen LogP contribution in [0, 0.1) is 0 Å². The van der Waals surface area contributed by atoms with Crippen molar-refractivity contribution in [1.29, 1.82) is 0 Å². The molecule has 0 bridgehead atoms. The van der Waals surface area contributed by atoms with Crippen molar-refractivity contribution in [2.24, 2.45) is 9.98 Å². The smallest absolute Gasteiger partial charge is 0.410 e. The fourth-order valence-electron chi connectivity index (χ4n) is 2.67. The van der Waals surface area contributed by atoms with Gasteiger partial charge in [0.1, 0.15) is 6.04 Å². The summed E-state index contributed by atoms with van der Waals surface area (Å²) in [5, 5.41) is 2.70. The summed E-state index contributed by atoms with van der Waals surface area (Å²) < 4.78 is 15.8. The van der Waals surface area contributed by atoms with Gasteiger partial charge in [0, 0.05) is 24.8 Å². The first-order valence-corrected chi connectivity index (χ1v) is 16.3. The number of halogens is 1. The molecule has 8 nitrogen and oxygen atoms in total. The van der Waals surface area contributed by atoms with Crippen LogP contribution in [0.25, 0.3) is 0 Å². The fourth-order valence-corrected chi connectivity index (χ4v) is 2.67.